The molecule has 1 aromatic heterocycles. The maximum Gasteiger partial charge on any atom is 0.261 e. The molecule has 7 heteroatoms. The van der Waals surface area contributed by atoms with Crippen LogP contribution in [0.2, 0.25) is 0 Å². The van der Waals surface area contributed by atoms with Gasteiger partial charge in [-0.1, -0.05) is 24.3 Å². The molecule has 0 saturated heterocycles. The monoisotopic (exact) mass is 343 g/mol. The van der Waals surface area contributed by atoms with Crippen molar-refractivity contribution in [1.82, 2.24) is 14.3 Å². The van der Waals surface area contributed by atoms with Crippen LogP contribution in [0.3, 0.4) is 0 Å². The summed E-state index contributed by atoms with van der Waals surface area (Å²) in [4.78, 5) is 16.9. The van der Waals surface area contributed by atoms with Gasteiger partial charge < -0.3 is 0 Å². The van der Waals surface area contributed by atoms with Crippen molar-refractivity contribution in [2.45, 2.75) is 18.4 Å². The van der Waals surface area contributed by atoms with Crippen LogP contribution in [0.5, 0.6) is 0 Å². The van der Waals surface area contributed by atoms with Crippen LogP contribution in [0.25, 0.3) is 10.9 Å². The molecule has 3 rings (SSSR count). The van der Waals surface area contributed by atoms with Gasteiger partial charge in [-0.25, -0.2) is 18.1 Å². The number of nitrogens with zero attached hydrogens (tertiary/aromatic N) is 2. The molecule has 0 unspecified atom stereocenters. The fraction of sp³-hybridized carbons (Fsp3) is 0.176. The molecule has 124 valence electrons. The Kier molecular flexibility index (Phi) is 4.21. The number of sulfonamides is 1. The van der Waals surface area contributed by atoms with E-state index < -0.39 is 10.0 Å². The highest BCUT2D eigenvalue weighted by Gasteiger charge is 2.16. The number of aromatic nitrogens is 2. The summed E-state index contributed by atoms with van der Waals surface area (Å²) in [6.45, 7) is 1.76. The topological polar surface area (TPSA) is 81.1 Å². The van der Waals surface area contributed by atoms with Crippen molar-refractivity contribution in [2.24, 2.45) is 7.05 Å². The van der Waals surface area contributed by atoms with Crippen molar-refractivity contribution in [3.8, 4) is 0 Å². The van der Waals surface area contributed by atoms with Crippen LogP contribution >= 0.6 is 0 Å². The van der Waals surface area contributed by atoms with Crippen LogP contribution in [0, 0.1) is 6.92 Å². The van der Waals surface area contributed by atoms with Crippen molar-refractivity contribution in [1.29, 1.82) is 0 Å². The Labute approximate surface area is 139 Å². The molecule has 0 aliphatic carbocycles. The summed E-state index contributed by atoms with van der Waals surface area (Å²) in [5.41, 5.74) is 1.20. The van der Waals surface area contributed by atoms with E-state index in [1.807, 2.05) is 13.0 Å². The van der Waals surface area contributed by atoms with Crippen LogP contribution < -0.4 is 10.3 Å². The van der Waals surface area contributed by atoms with Gasteiger partial charge in [-0.15, -0.1) is 0 Å². The van der Waals surface area contributed by atoms with Crippen LogP contribution in [0.1, 0.15) is 11.4 Å². The Morgan fingerprint density at radius 1 is 1.12 bits per heavy atom. The maximum absolute atomic E-state index is 12.4. The Morgan fingerprint density at radius 2 is 1.88 bits per heavy atom. The number of para-hydroxylation sites is 1. The first-order chi connectivity index (χ1) is 11.4. The van der Waals surface area contributed by atoms with Gasteiger partial charge in [0, 0.05) is 7.05 Å². The van der Waals surface area contributed by atoms with Gasteiger partial charge in [-0.3, -0.25) is 9.36 Å². The minimum absolute atomic E-state index is 0.0626. The SMILES string of the molecule is Cc1cccc(S(=O)(=O)NCc2nc3ccccc3c(=O)n2C)c1. The lowest BCUT2D eigenvalue weighted by atomic mass is 10.2. The van der Waals surface area contributed by atoms with Crippen LogP contribution in [0.15, 0.2) is 58.2 Å². The number of rotatable bonds is 4. The average molecular weight is 343 g/mol. The van der Waals surface area contributed by atoms with Crippen LogP contribution in [-0.2, 0) is 23.6 Å². The Morgan fingerprint density at radius 3 is 2.62 bits per heavy atom. The number of nitrogens with one attached hydrogen (secondary N) is 1. The lowest BCUT2D eigenvalue weighted by molar-refractivity contribution is 0.576. The molecule has 2 aromatic carbocycles. The molecule has 3 aromatic rings. The van der Waals surface area contributed by atoms with Gasteiger partial charge in [0.2, 0.25) is 10.0 Å². The predicted octanol–water partition coefficient (Wildman–Crippen LogP) is 1.72. The van der Waals surface area contributed by atoms with Gasteiger partial charge in [0.25, 0.3) is 5.56 Å². The molecule has 0 radical (unpaired) electrons. The smallest absolute Gasteiger partial charge is 0.261 e. The first-order valence-corrected chi connectivity index (χ1v) is 8.88. The number of fused-ring (bicyclic) bond motifs is 1. The number of hydrogen-bond acceptors (Lipinski definition) is 4. The van der Waals surface area contributed by atoms with Gasteiger partial charge in [-0.05, 0) is 36.8 Å². The van der Waals surface area contributed by atoms with Crippen molar-refractivity contribution in [3.05, 3.63) is 70.3 Å². The van der Waals surface area contributed by atoms with Gasteiger partial charge in [0.1, 0.15) is 5.82 Å². The molecule has 0 amide bonds. The van der Waals surface area contributed by atoms with Gasteiger partial charge >= 0.3 is 0 Å². The van der Waals surface area contributed by atoms with Crippen LogP contribution in [0.4, 0.5) is 0 Å². The summed E-state index contributed by atoms with van der Waals surface area (Å²) in [5, 5.41) is 0.505. The highest BCUT2D eigenvalue weighted by molar-refractivity contribution is 7.89. The molecule has 0 saturated carbocycles. The zero-order valence-corrected chi connectivity index (χ0v) is 14.2. The molecular weight excluding hydrogens is 326 g/mol. The molecule has 0 atom stereocenters. The second-order valence-corrected chi connectivity index (χ2v) is 7.32. The highest BCUT2D eigenvalue weighted by Crippen LogP contribution is 2.12. The highest BCUT2D eigenvalue weighted by atomic mass is 32.2. The summed E-state index contributed by atoms with van der Waals surface area (Å²) < 4.78 is 28.6. The number of hydrogen-bond donors (Lipinski definition) is 1. The zero-order valence-electron chi connectivity index (χ0n) is 13.4. The van der Waals surface area contributed by atoms with E-state index >= 15 is 0 Å². The second kappa shape index (κ2) is 6.18. The maximum atomic E-state index is 12.4. The van der Waals surface area contributed by atoms with Gasteiger partial charge in [0.05, 0.1) is 22.3 Å². The molecule has 24 heavy (non-hydrogen) atoms. The largest absolute Gasteiger partial charge is 0.298 e. The minimum atomic E-state index is -3.67. The molecule has 0 bridgehead atoms. The molecule has 0 spiro atoms. The summed E-state index contributed by atoms with van der Waals surface area (Å²) >= 11 is 0. The third-order valence-corrected chi connectivity index (χ3v) is 5.19. The van der Waals surface area contributed by atoms with E-state index in [0.29, 0.717) is 16.7 Å². The van der Waals surface area contributed by atoms with E-state index in [4.69, 9.17) is 0 Å². The molecule has 1 heterocycles. The summed E-state index contributed by atoms with van der Waals surface area (Å²) in [6, 6.07) is 13.6. The van der Waals surface area contributed by atoms with E-state index in [2.05, 4.69) is 9.71 Å². The van der Waals surface area contributed by atoms with Crippen molar-refractivity contribution in [3.63, 3.8) is 0 Å². The average Bonchev–Trinajstić information content (AvgIpc) is 2.57. The van der Waals surface area contributed by atoms with Crippen molar-refractivity contribution in [2.75, 3.05) is 0 Å². The third kappa shape index (κ3) is 3.08. The van der Waals surface area contributed by atoms with Crippen LogP contribution in [-0.4, -0.2) is 18.0 Å². The number of aryl methyl sites for hydroxylation is 1. The second-order valence-electron chi connectivity index (χ2n) is 5.55. The Bertz CT molecular complexity index is 1070. The first kappa shape index (κ1) is 16.4. The molecular formula is C17H17N3O3S. The van der Waals surface area contributed by atoms with E-state index in [9.17, 15) is 13.2 Å². The normalized spacial score (nSPS) is 11.8. The quantitative estimate of drug-likeness (QED) is 0.782. The zero-order chi connectivity index (χ0) is 17.3. The van der Waals surface area contributed by atoms with E-state index in [1.165, 1.54) is 10.6 Å². The minimum Gasteiger partial charge on any atom is -0.298 e. The molecule has 0 aliphatic rings. The molecule has 0 aliphatic heterocycles. The predicted molar refractivity (Wildman–Crippen MR) is 92.2 cm³/mol. The Hall–Kier alpha value is -2.51. The standard InChI is InChI=1S/C17H17N3O3S/c1-12-6-5-7-13(10-12)24(22,23)18-11-16-19-15-9-4-3-8-14(15)17(21)20(16)2/h3-10,18H,11H2,1-2H3. The van der Waals surface area contributed by atoms with E-state index in [1.54, 1.807) is 43.4 Å². The van der Waals surface area contributed by atoms with Crippen molar-refractivity contribution >= 4 is 20.9 Å². The van der Waals surface area contributed by atoms with Gasteiger partial charge in [0.15, 0.2) is 0 Å². The van der Waals surface area contributed by atoms with Gasteiger partial charge in [-0.2, -0.15) is 0 Å². The van der Waals surface area contributed by atoms with Crippen molar-refractivity contribution < 1.29 is 8.42 Å². The molecule has 0 fully saturated rings. The first-order valence-electron chi connectivity index (χ1n) is 7.39. The molecule has 6 nitrogen and oxygen atoms in total. The molecule has 1 N–H and O–H groups in total. The summed E-state index contributed by atoms with van der Waals surface area (Å²) in [7, 11) is -2.09. The Balaban J connectivity index is 1.93. The summed E-state index contributed by atoms with van der Waals surface area (Å²) in [5.74, 6) is 0.356. The lowest BCUT2D eigenvalue weighted by Gasteiger charge is -2.11. The fourth-order valence-electron chi connectivity index (χ4n) is 2.45. The third-order valence-electron chi connectivity index (χ3n) is 3.80. The lowest BCUT2D eigenvalue weighted by Crippen LogP contribution is -2.29. The van der Waals surface area contributed by atoms with E-state index in [-0.39, 0.29) is 17.0 Å². The summed E-state index contributed by atoms with van der Waals surface area (Å²) in [6.07, 6.45) is 0. The number of benzene rings is 2. The van der Waals surface area contributed by atoms with E-state index in [0.717, 1.165) is 5.56 Å². The fourth-order valence-corrected chi connectivity index (χ4v) is 3.53.